The molecule has 1 aliphatic rings. The Labute approximate surface area is 186 Å². The van der Waals surface area contributed by atoms with Crippen LogP contribution in [0.4, 0.5) is 13.6 Å². The average molecular weight is 449 g/mol. The zero-order valence-electron chi connectivity index (χ0n) is 18.4. The molecule has 6 nitrogen and oxygen atoms in total. The molecule has 4 atom stereocenters. The minimum absolute atomic E-state index is 0.0133. The number of halogens is 2. The summed E-state index contributed by atoms with van der Waals surface area (Å²) < 4.78 is 32.6. The van der Waals surface area contributed by atoms with Crippen molar-refractivity contribution >= 4 is 6.09 Å². The lowest BCUT2D eigenvalue weighted by molar-refractivity contribution is 0.0410. The molecule has 0 saturated heterocycles. The maximum atomic E-state index is 13.6. The van der Waals surface area contributed by atoms with E-state index in [9.17, 15) is 23.8 Å². The van der Waals surface area contributed by atoms with Gasteiger partial charge >= 0.3 is 6.09 Å². The standard InChI is InChI=1S/C24H30F2N2O4/c1-24(2,3)32-23(31)28-19(10-14-8-16(25)12-17(26)9-14)21(30)13-27-22-18-7-5-4-6-15(18)11-20(22)29/h4-9,12,19-22,27,29-30H,10-11,13H2,1-3H3,(H,28,31)/t19-,20+,21+,22?/m0/s1. The van der Waals surface area contributed by atoms with Crippen LogP contribution in [0.5, 0.6) is 0 Å². The van der Waals surface area contributed by atoms with Crippen LogP contribution in [0.25, 0.3) is 0 Å². The van der Waals surface area contributed by atoms with E-state index in [0.29, 0.717) is 6.42 Å². The van der Waals surface area contributed by atoms with E-state index >= 15 is 0 Å². The zero-order chi connectivity index (χ0) is 23.5. The number of amides is 1. The van der Waals surface area contributed by atoms with Crippen LogP contribution in [0.3, 0.4) is 0 Å². The molecule has 0 fully saturated rings. The summed E-state index contributed by atoms with van der Waals surface area (Å²) in [6.07, 6.45) is -2.01. The van der Waals surface area contributed by atoms with Crippen LogP contribution >= 0.6 is 0 Å². The predicted octanol–water partition coefficient (Wildman–Crippen LogP) is 3.01. The topological polar surface area (TPSA) is 90.8 Å². The molecule has 0 aromatic heterocycles. The van der Waals surface area contributed by atoms with Crippen molar-refractivity contribution in [3.8, 4) is 0 Å². The van der Waals surface area contributed by atoms with E-state index in [1.165, 1.54) is 0 Å². The molecule has 0 bridgehead atoms. The lowest BCUT2D eigenvalue weighted by atomic mass is 10.00. The van der Waals surface area contributed by atoms with E-state index in [1.807, 2.05) is 24.3 Å². The van der Waals surface area contributed by atoms with Crippen molar-refractivity contribution in [3.05, 3.63) is 70.8 Å². The highest BCUT2D eigenvalue weighted by Gasteiger charge is 2.32. The monoisotopic (exact) mass is 448 g/mol. The number of rotatable bonds is 7. The van der Waals surface area contributed by atoms with Crippen LogP contribution in [0, 0.1) is 11.6 Å². The molecule has 0 spiro atoms. The molecule has 32 heavy (non-hydrogen) atoms. The zero-order valence-corrected chi connectivity index (χ0v) is 18.4. The maximum absolute atomic E-state index is 13.6. The van der Waals surface area contributed by atoms with Gasteiger partial charge in [-0.2, -0.15) is 0 Å². The normalized spacial score (nSPS) is 19.8. The first-order valence-electron chi connectivity index (χ1n) is 10.6. The summed E-state index contributed by atoms with van der Waals surface area (Å²) in [5.41, 5.74) is 1.52. The van der Waals surface area contributed by atoms with Crippen molar-refractivity contribution in [3.63, 3.8) is 0 Å². The van der Waals surface area contributed by atoms with Crippen molar-refractivity contribution in [2.24, 2.45) is 0 Å². The SMILES string of the molecule is CC(C)(C)OC(=O)N[C@@H](Cc1cc(F)cc(F)c1)[C@H](O)CNC1c2ccccc2C[C@H]1O. The number of nitrogens with one attached hydrogen (secondary N) is 2. The third-order valence-corrected chi connectivity index (χ3v) is 5.30. The molecule has 1 aliphatic carbocycles. The van der Waals surface area contributed by atoms with Crippen molar-refractivity contribution in [1.29, 1.82) is 0 Å². The van der Waals surface area contributed by atoms with Gasteiger partial charge in [0.15, 0.2) is 0 Å². The van der Waals surface area contributed by atoms with E-state index in [4.69, 9.17) is 4.74 Å². The Morgan fingerprint density at radius 1 is 1.19 bits per heavy atom. The second kappa shape index (κ2) is 9.94. The molecule has 2 aromatic carbocycles. The van der Waals surface area contributed by atoms with Crippen LogP contribution in [-0.2, 0) is 17.6 Å². The lowest BCUT2D eigenvalue weighted by Gasteiger charge is -2.28. The van der Waals surface area contributed by atoms with Gasteiger partial charge in [-0.1, -0.05) is 24.3 Å². The van der Waals surface area contributed by atoms with E-state index in [2.05, 4.69) is 10.6 Å². The first kappa shape index (κ1) is 24.1. The fourth-order valence-corrected chi connectivity index (χ4v) is 3.93. The molecule has 1 amide bonds. The largest absolute Gasteiger partial charge is 0.444 e. The molecule has 2 aromatic rings. The molecule has 4 N–H and O–H groups in total. The van der Waals surface area contributed by atoms with Crippen molar-refractivity contribution in [2.45, 2.75) is 63.5 Å². The first-order valence-corrected chi connectivity index (χ1v) is 10.6. The van der Waals surface area contributed by atoms with Gasteiger partial charge in [-0.25, -0.2) is 13.6 Å². The Kier molecular flexibility index (Phi) is 7.48. The van der Waals surface area contributed by atoms with E-state index in [-0.39, 0.29) is 24.6 Å². The second-order valence-electron chi connectivity index (χ2n) is 9.16. The summed E-state index contributed by atoms with van der Waals surface area (Å²) in [6.45, 7) is 5.16. The van der Waals surface area contributed by atoms with Crippen LogP contribution in [-0.4, -0.2) is 46.7 Å². The van der Waals surface area contributed by atoms with E-state index < -0.39 is 41.6 Å². The number of alkyl carbamates (subject to hydrolysis) is 1. The average Bonchev–Trinajstić information content (AvgIpc) is 2.98. The number of benzene rings is 2. The van der Waals surface area contributed by atoms with Gasteiger partial charge in [0.2, 0.25) is 0 Å². The summed E-state index contributed by atoms with van der Waals surface area (Å²) in [5, 5.41) is 27.0. The summed E-state index contributed by atoms with van der Waals surface area (Å²) in [7, 11) is 0. The Morgan fingerprint density at radius 3 is 2.50 bits per heavy atom. The number of hydrogen-bond donors (Lipinski definition) is 4. The summed E-state index contributed by atoms with van der Waals surface area (Å²) in [5.74, 6) is -1.48. The minimum Gasteiger partial charge on any atom is -0.444 e. The molecule has 0 aliphatic heterocycles. The highest BCUT2D eigenvalue weighted by Crippen LogP contribution is 2.31. The number of ether oxygens (including phenoxy) is 1. The maximum Gasteiger partial charge on any atom is 0.407 e. The van der Waals surface area contributed by atoms with Gasteiger partial charge in [0.05, 0.1) is 24.3 Å². The number of aliphatic hydroxyl groups excluding tert-OH is 2. The Balaban J connectivity index is 1.72. The minimum atomic E-state index is -1.12. The molecule has 8 heteroatoms. The number of aliphatic hydroxyl groups is 2. The number of carbonyl (C=O) groups is 1. The molecular formula is C24H30F2N2O4. The van der Waals surface area contributed by atoms with Crippen molar-refractivity contribution in [1.82, 2.24) is 10.6 Å². The summed E-state index contributed by atoms with van der Waals surface area (Å²) in [4.78, 5) is 12.3. The first-order chi connectivity index (χ1) is 15.0. The van der Waals surface area contributed by atoms with Gasteiger partial charge in [0, 0.05) is 19.0 Å². The Morgan fingerprint density at radius 2 is 1.84 bits per heavy atom. The fourth-order valence-electron chi connectivity index (χ4n) is 3.93. The van der Waals surface area contributed by atoms with Crippen molar-refractivity contribution in [2.75, 3.05) is 6.54 Å². The summed E-state index contributed by atoms with van der Waals surface area (Å²) >= 11 is 0. The van der Waals surface area contributed by atoms with Gasteiger partial charge in [0.1, 0.15) is 17.2 Å². The van der Waals surface area contributed by atoms with E-state index in [1.54, 1.807) is 20.8 Å². The second-order valence-corrected chi connectivity index (χ2v) is 9.16. The smallest absolute Gasteiger partial charge is 0.407 e. The van der Waals surface area contributed by atoms with Gasteiger partial charge in [-0.05, 0) is 56.0 Å². The third-order valence-electron chi connectivity index (χ3n) is 5.30. The molecular weight excluding hydrogens is 418 g/mol. The highest BCUT2D eigenvalue weighted by molar-refractivity contribution is 5.68. The van der Waals surface area contributed by atoms with Gasteiger partial charge < -0.3 is 25.6 Å². The van der Waals surface area contributed by atoms with Crippen LogP contribution in [0.15, 0.2) is 42.5 Å². The lowest BCUT2D eigenvalue weighted by Crippen LogP contribution is -2.50. The molecule has 0 heterocycles. The Hall–Kier alpha value is -2.55. The molecule has 0 saturated carbocycles. The van der Waals surface area contributed by atoms with Crippen molar-refractivity contribution < 1.29 is 28.5 Å². The van der Waals surface area contributed by atoms with E-state index in [0.717, 1.165) is 29.3 Å². The van der Waals surface area contributed by atoms with Crippen LogP contribution in [0.1, 0.15) is 43.5 Å². The van der Waals surface area contributed by atoms with Gasteiger partial charge in [-0.15, -0.1) is 0 Å². The van der Waals surface area contributed by atoms with Gasteiger partial charge in [0.25, 0.3) is 0 Å². The van der Waals surface area contributed by atoms with Gasteiger partial charge in [-0.3, -0.25) is 0 Å². The van der Waals surface area contributed by atoms with Crippen LogP contribution in [0.2, 0.25) is 0 Å². The number of carbonyl (C=O) groups excluding carboxylic acids is 1. The predicted molar refractivity (Wildman–Crippen MR) is 116 cm³/mol. The Bertz CT molecular complexity index is 928. The summed E-state index contributed by atoms with van der Waals surface area (Å²) in [6, 6.07) is 9.48. The molecule has 3 rings (SSSR count). The number of fused-ring (bicyclic) bond motifs is 1. The highest BCUT2D eigenvalue weighted by atomic mass is 19.1. The quantitative estimate of drug-likeness (QED) is 0.523. The van der Waals surface area contributed by atoms with Crippen LogP contribution < -0.4 is 10.6 Å². The third kappa shape index (κ3) is 6.48. The number of hydrogen-bond acceptors (Lipinski definition) is 5. The molecule has 174 valence electrons. The fraction of sp³-hybridized carbons (Fsp3) is 0.458. The molecule has 1 unspecified atom stereocenters. The molecule has 0 radical (unpaired) electrons.